The average molecular weight is 497 g/mol. The normalized spacial score (nSPS) is 38.4. The van der Waals surface area contributed by atoms with Crippen molar-refractivity contribution in [3.05, 3.63) is 47.0 Å². The van der Waals surface area contributed by atoms with Crippen molar-refractivity contribution in [3.63, 3.8) is 0 Å². The standard InChI is InChI=1S/C25H36O10/c1-13-10-14(4-2-6-16-20(28)24(32)22(30)18(11-26)34-16)8-9-15(13)5-3-7-17-21(29)25(33)23(31)19(12-27)35-17/h2-5,8-10,16-33H,6-7,11-12H2,1H3/b4-2+,5-3+/t16-,17-,18-,19-,20-,21+,22-,23-,24-,25-/m1/s1. The third kappa shape index (κ3) is 6.55. The second-order valence-corrected chi connectivity index (χ2v) is 9.13. The molecule has 2 aliphatic rings. The van der Waals surface area contributed by atoms with Crippen LogP contribution >= 0.6 is 0 Å². The van der Waals surface area contributed by atoms with Gasteiger partial charge in [0.25, 0.3) is 0 Å². The monoisotopic (exact) mass is 496 g/mol. The number of ether oxygens (including phenoxy) is 2. The summed E-state index contributed by atoms with van der Waals surface area (Å²) in [7, 11) is 0. The van der Waals surface area contributed by atoms with Gasteiger partial charge in [-0.15, -0.1) is 0 Å². The smallest absolute Gasteiger partial charge is 0.111 e. The number of aliphatic hydroxyl groups is 8. The van der Waals surface area contributed by atoms with E-state index in [4.69, 9.17) is 9.47 Å². The summed E-state index contributed by atoms with van der Waals surface area (Å²) in [5, 5.41) is 78.4. The largest absolute Gasteiger partial charge is 0.394 e. The van der Waals surface area contributed by atoms with Gasteiger partial charge in [0, 0.05) is 0 Å². The Hall–Kier alpha value is -1.70. The van der Waals surface area contributed by atoms with Gasteiger partial charge >= 0.3 is 0 Å². The zero-order chi connectivity index (χ0) is 25.7. The highest BCUT2D eigenvalue weighted by molar-refractivity contribution is 5.59. The van der Waals surface area contributed by atoms with E-state index in [-0.39, 0.29) is 12.8 Å². The molecule has 10 nitrogen and oxygen atoms in total. The minimum Gasteiger partial charge on any atom is -0.394 e. The molecule has 0 bridgehead atoms. The van der Waals surface area contributed by atoms with Crippen molar-refractivity contribution < 1.29 is 50.3 Å². The summed E-state index contributed by atoms with van der Waals surface area (Å²) in [6, 6.07) is 5.76. The minimum atomic E-state index is -1.39. The van der Waals surface area contributed by atoms with E-state index in [0.717, 1.165) is 16.7 Å². The van der Waals surface area contributed by atoms with Gasteiger partial charge in [-0.1, -0.05) is 42.5 Å². The first kappa shape index (κ1) is 27.9. The number of rotatable bonds is 8. The van der Waals surface area contributed by atoms with E-state index in [9.17, 15) is 40.9 Å². The van der Waals surface area contributed by atoms with Crippen LogP contribution < -0.4 is 0 Å². The van der Waals surface area contributed by atoms with Gasteiger partial charge in [-0.25, -0.2) is 0 Å². The Labute approximate surface area is 204 Å². The van der Waals surface area contributed by atoms with E-state index < -0.39 is 74.3 Å². The van der Waals surface area contributed by atoms with E-state index in [1.807, 2.05) is 37.3 Å². The lowest BCUT2D eigenvalue weighted by atomic mass is 9.93. The number of hydrogen-bond donors (Lipinski definition) is 8. The van der Waals surface area contributed by atoms with E-state index in [2.05, 4.69) is 0 Å². The van der Waals surface area contributed by atoms with Crippen LogP contribution in [0.1, 0.15) is 29.5 Å². The van der Waals surface area contributed by atoms with Crippen molar-refractivity contribution >= 4 is 12.2 Å². The van der Waals surface area contributed by atoms with Crippen LogP contribution in [-0.2, 0) is 9.47 Å². The maximum absolute atomic E-state index is 10.1. The molecule has 2 aliphatic heterocycles. The van der Waals surface area contributed by atoms with Gasteiger partial charge in [0.2, 0.25) is 0 Å². The lowest BCUT2D eigenvalue weighted by molar-refractivity contribution is -0.227. The van der Waals surface area contributed by atoms with Gasteiger partial charge in [-0.3, -0.25) is 0 Å². The first-order valence-electron chi connectivity index (χ1n) is 11.7. The minimum absolute atomic E-state index is 0.279. The summed E-state index contributed by atoms with van der Waals surface area (Å²) in [6.07, 6.45) is -3.60. The summed E-state index contributed by atoms with van der Waals surface area (Å²) in [5.41, 5.74) is 2.81. The molecule has 0 radical (unpaired) electrons. The second kappa shape index (κ2) is 12.5. The fraction of sp³-hybridized carbons (Fsp3) is 0.600. The fourth-order valence-electron chi connectivity index (χ4n) is 4.40. The molecule has 0 aliphatic carbocycles. The SMILES string of the molecule is Cc1cc(/C=C/C[C@H]2O[C@H](CO)[C@@H](O)[C@H](O)[C@@H]2O)ccc1/C=C/C[C@H]1O[C@H](CO)[C@@H](O)[C@H](O)[C@H]1O. The number of hydrogen-bond acceptors (Lipinski definition) is 10. The van der Waals surface area contributed by atoms with E-state index in [1.54, 1.807) is 12.2 Å². The van der Waals surface area contributed by atoms with Gasteiger partial charge in [0.1, 0.15) is 48.8 Å². The van der Waals surface area contributed by atoms with Crippen molar-refractivity contribution in [3.8, 4) is 0 Å². The highest BCUT2D eigenvalue weighted by Crippen LogP contribution is 2.25. The molecule has 0 saturated carbocycles. The molecule has 1 aromatic rings. The van der Waals surface area contributed by atoms with Crippen LogP contribution in [-0.4, -0.2) is 115 Å². The third-order valence-corrected chi connectivity index (χ3v) is 6.62. The summed E-state index contributed by atoms with van der Waals surface area (Å²) < 4.78 is 11.0. The molecule has 3 rings (SSSR count). The van der Waals surface area contributed by atoms with Crippen LogP contribution in [0.5, 0.6) is 0 Å². The third-order valence-electron chi connectivity index (χ3n) is 6.62. The van der Waals surface area contributed by atoms with Crippen molar-refractivity contribution in [2.24, 2.45) is 0 Å². The van der Waals surface area contributed by atoms with Gasteiger partial charge < -0.3 is 50.3 Å². The molecule has 2 heterocycles. The van der Waals surface area contributed by atoms with Crippen LogP contribution in [0.2, 0.25) is 0 Å². The van der Waals surface area contributed by atoms with Crippen LogP contribution in [0.15, 0.2) is 30.4 Å². The van der Waals surface area contributed by atoms with E-state index in [1.165, 1.54) is 0 Å². The van der Waals surface area contributed by atoms with Gasteiger partial charge in [0.15, 0.2) is 0 Å². The Bertz CT molecular complexity index is 870. The molecule has 8 N–H and O–H groups in total. The summed E-state index contributed by atoms with van der Waals surface area (Å²) in [5.74, 6) is 0. The molecule has 10 atom stereocenters. The molecule has 0 amide bonds. The Balaban J connectivity index is 1.57. The topological polar surface area (TPSA) is 180 Å². The first-order valence-corrected chi connectivity index (χ1v) is 11.7. The van der Waals surface area contributed by atoms with Crippen LogP contribution in [0.25, 0.3) is 12.2 Å². The average Bonchev–Trinajstić information content (AvgIpc) is 2.85. The Morgan fingerprint density at radius 3 is 1.57 bits per heavy atom. The fourth-order valence-corrected chi connectivity index (χ4v) is 4.40. The lowest BCUT2D eigenvalue weighted by Gasteiger charge is -2.39. The second-order valence-electron chi connectivity index (χ2n) is 9.13. The van der Waals surface area contributed by atoms with Gasteiger partial charge in [-0.2, -0.15) is 0 Å². The molecular weight excluding hydrogens is 460 g/mol. The molecule has 0 unspecified atom stereocenters. The Morgan fingerprint density at radius 1 is 0.657 bits per heavy atom. The molecule has 0 spiro atoms. The van der Waals surface area contributed by atoms with Crippen LogP contribution in [0.3, 0.4) is 0 Å². The number of aliphatic hydroxyl groups excluding tert-OH is 8. The lowest BCUT2D eigenvalue weighted by Crippen LogP contribution is -2.58. The van der Waals surface area contributed by atoms with Crippen LogP contribution in [0, 0.1) is 6.92 Å². The highest BCUT2D eigenvalue weighted by atomic mass is 16.5. The zero-order valence-corrected chi connectivity index (χ0v) is 19.5. The molecule has 35 heavy (non-hydrogen) atoms. The van der Waals surface area contributed by atoms with Gasteiger partial charge in [0.05, 0.1) is 25.4 Å². The molecular formula is C25H36O10. The zero-order valence-electron chi connectivity index (χ0n) is 19.5. The maximum Gasteiger partial charge on any atom is 0.111 e. The summed E-state index contributed by atoms with van der Waals surface area (Å²) >= 11 is 0. The Morgan fingerprint density at radius 2 is 1.11 bits per heavy atom. The predicted molar refractivity (Wildman–Crippen MR) is 126 cm³/mol. The quantitative estimate of drug-likeness (QED) is 0.211. The van der Waals surface area contributed by atoms with E-state index >= 15 is 0 Å². The Kier molecular flexibility index (Phi) is 9.96. The number of benzene rings is 1. The van der Waals surface area contributed by atoms with Crippen LogP contribution in [0.4, 0.5) is 0 Å². The van der Waals surface area contributed by atoms with Crippen molar-refractivity contribution in [2.45, 2.75) is 80.8 Å². The first-order chi connectivity index (χ1) is 16.7. The molecule has 196 valence electrons. The van der Waals surface area contributed by atoms with Crippen molar-refractivity contribution in [2.75, 3.05) is 13.2 Å². The maximum atomic E-state index is 10.1. The van der Waals surface area contributed by atoms with Crippen molar-refractivity contribution in [1.29, 1.82) is 0 Å². The molecule has 2 saturated heterocycles. The molecule has 10 heteroatoms. The highest BCUT2D eigenvalue weighted by Gasteiger charge is 2.43. The summed E-state index contributed by atoms with van der Waals surface area (Å²) in [6.45, 7) is 1.01. The summed E-state index contributed by atoms with van der Waals surface area (Å²) in [4.78, 5) is 0. The van der Waals surface area contributed by atoms with Crippen molar-refractivity contribution in [1.82, 2.24) is 0 Å². The predicted octanol–water partition coefficient (Wildman–Crippen LogP) is -1.51. The number of aryl methyl sites for hydroxylation is 1. The van der Waals surface area contributed by atoms with E-state index in [0.29, 0.717) is 0 Å². The molecule has 0 aromatic heterocycles. The molecule has 1 aromatic carbocycles. The van der Waals surface area contributed by atoms with Gasteiger partial charge in [-0.05, 0) is 36.5 Å². The molecule has 2 fully saturated rings.